The van der Waals surface area contributed by atoms with E-state index < -0.39 is 15.8 Å². The Morgan fingerprint density at radius 2 is 1.87 bits per heavy atom. The van der Waals surface area contributed by atoms with Gasteiger partial charge in [-0.1, -0.05) is 12.1 Å². The maximum absolute atomic E-state index is 13.3. The number of carboxylic acid groups (broad SMARTS) is 1. The van der Waals surface area contributed by atoms with Gasteiger partial charge >= 0.3 is 5.97 Å². The molecule has 23 heavy (non-hydrogen) atoms. The lowest BCUT2D eigenvalue weighted by atomic mass is 10.0. The van der Waals surface area contributed by atoms with E-state index >= 15 is 0 Å². The van der Waals surface area contributed by atoms with Gasteiger partial charge in [0.15, 0.2) is 9.84 Å². The van der Waals surface area contributed by atoms with Crippen LogP contribution >= 0.6 is 0 Å². The summed E-state index contributed by atoms with van der Waals surface area (Å²) in [6.07, 6.45) is 0. The number of halogens is 1. The van der Waals surface area contributed by atoms with Crippen LogP contribution in [0.2, 0.25) is 0 Å². The van der Waals surface area contributed by atoms with E-state index in [1.807, 2.05) is 11.0 Å². The summed E-state index contributed by atoms with van der Waals surface area (Å²) >= 11 is 0. The summed E-state index contributed by atoms with van der Waals surface area (Å²) in [5, 5.41) is 9.00. The van der Waals surface area contributed by atoms with Gasteiger partial charge in [0, 0.05) is 31.7 Å². The Kier molecular flexibility index (Phi) is 4.39. The molecule has 0 amide bonds. The van der Waals surface area contributed by atoms with E-state index in [-0.39, 0.29) is 36.0 Å². The molecule has 0 saturated carbocycles. The second-order valence-electron chi connectivity index (χ2n) is 6.18. The molecule has 6 nitrogen and oxygen atoms in total. The molecule has 0 bridgehead atoms. The minimum Gasteiger partial charge on any atom is -0.480 e. The first-order valence-corrected chi connectivity index (χ1v) is 9.31. The van der Waals surface area contributed by atoms with Crippen molar-refractivity contribution < 1.29 is 22.7 Å². The molecule has 3 rings (SSSR count). The Hall–Kier alpha value is -1.51. The molecule has 8 heteroatoms. The first-order valence-electron chi connectivity index (χ1n) is 7.49. The molecule has 126 valence electrons. The van der Waals surface area contributed by atoms with Crippen LogP contribution < -0.4 is 0 Å². The number of carbonyl (C=O) groups is 1. The topological polar surface area (TPSA) is 77.9 Å². The molecule has 0 aliphatic carbocycles. The molecule has 2 aliphatic heterocycles. The number of carboxylic acids is 1. The molecule has 0 unspecified atom stereocenters. The SMILES string of the molecule is O=C(O)CN1CCN(Cc2cccc(F)c2)[C@H]2CS(=O)(=O)C[C@H]21. The number of hydrogen-bond acceptors (Lipinski definition) is 5. The average Bonchev–Trinajstić information content (AvgIpc) is 2.77. The van der Waals surface area contributed by atoms with Crippen LogP contribution in [0.25, 0.3) is 0 Å². The van der Waals surface area contributed by atoms with E-state index in [2.05, 4.69) is 0 Å². The van der Waals surface area contributed by atoms with E-state index in [4.69, 9.17) is 5.11 Å². The Morgan fingerprint density at radius 1 is 1.22 bits per heavy atom. The number of benzene rings is 1. The maximum Gasteiger partial charge on any atom is 0.317 e. The van der Waals surface area contributed by atoms with E-state index in [0.29, 0.717) is 19.6 Å². The van der Waals surface area contributed by atoms with Gasteiger partial charge in [-0.3, -0.25) is 14.6 Å². The van der Waals surface area contributed by atoms with Crippen LogP contribution in [-0.4, -0.2) is 72.5 Å². The Bertz CT molecular complexity index is 709. The third-order valence-corrected chi connectivity index (χ3v) is 6.22. The zero-order chi connectivity index (χ0) is 16.6. The van der Waals surface area contributed by atoms with Gasteiger partial charge in [0.2, 0.25) is 0 Å². The molecule has 1 aromatic rings. The van der Waals surface area contributed by atoms with E-state index in [0.717, 1.165) is 5.56 Å². The largest absolute Gasteiger partial charge is 0.480 e. The van der Waals surface area contributed by atoms with E-state index in [1.165, 1.54) is 12.1 Å². The first-order chi connectivity index (χ1) is 10.8. The number of fused-ring (bicyclic) bond motifs is 1. The fourth-order valence-electron chi connectivity index (χ4n) is 3.53. The fourth-order valence-corrected chi connectivity index (χ4v) is 5.58. The van der Waals surface area contributed by atoms with Crippen LogP contribution in [0.15, 0.2) is 24.3 Å². The lowest BCUT2D eigenvalue weighted by molar-refractivity contribution is -0.139. The van der Waals surface area contributed by atoms with Crippen molar-refractivity contribution >= 4 is 15.8 Å². The third-order valence-electron chi connectivity index (χ3n) is 4.52. The molecule has 0 radical (unpaired) electrons. The van der Waals surface area contributed by atoms with Crippen molar-refractivity contribution in [1.82, 2.24) is 9.80 Å². The van der Waals surface area contributed by atoms with Gasteiger partial charge in [0.05, 0.1) is 18.1 Å². The van der Waals surface area contributed by atoms with Crippen LogP contribution in [-0.2, 0) is 21.2 Å². The Morgan fingerprint density at radius 3 is 2.52 bits per heavy atom. The van der Waals surface area contributed by atoms with E-state index in [9.17, 15) is 17.6 Å². The molecule has 1 N–H and O–H groups in total. The van der Waals surface area contributed by atoms with Gasteiger partial charge in [0.1, 0.15) is 5.82 Å². The predicted molar refractivity (Wildman–Crippen MR) is 82.2 cm³/mol. The van der Waals surface area contributed by atoms with Crippen LogP contribution in [0.3, 0.4) is 0 Å². The van der Waals surface area contributed by atoms with Gasteiger partial charge in [-0.25, -0.2) is 12.8 Å². The summed E-state index contributed by atoms with van der Waals surface area (Å²) in [4.78, 5) is 14.7. The highest BCUT2D eigenvalue weighted by molar-refractivity contribution is 7.91. The minimum atomic E-state index is -3.18. The van der Waals surface area contributed by atoms with Crippen LogP contribution in [0, 0.1) is 5.82 Å². The van der Waals surface area contributed by atoms with Crippen molar-refractivity contribution in [3.63, 3.8) is 0 Å². The smallest absolute Gasteiger partial charge is 0.317 e. The highest BCUT2D eigenvalue weighted by Crippen LogP contribution is 2.28. The minimum absolute atomic E-state index is 0.00933. The predicted octanol–water partition coefficient (Wildman–Crippen LogP) is 0.194. The normalized spacial score (nSPS) is 27.7. The van der Waals surface area contributed by atoms with E-state index in [1.54, 1.807) is 11.0 Å². The molecule has 2 aliphatic rings. The summed E-state index contributed by atoms with van der Waals surface area (Å²) in [6.45, 7) is 1.39. The van der Waals surface area contributed by atoms with Crippen molar-refractivity contribution in [3.8, 4) is 0 Å². The standard InChI is InChI=1S/C15H19FN2O4S/c16-12-3-1-2-11(6-12)7-17-4-5-18(8-15(19)20)14-10-23(21,22)9-13(14)17/h1-3,6,13-14H,4-5,7-10H2,(H,19,20)/t13-,14+/m0/s1. The molecule has 2 heterocycles. The number of aliphatic carboxylic acids is 1. The lowest BCUT2D eigenvalue weighted by Crippen LogP contribution is -2.59. The van der Waals surface area contributed by atoms with Crippen LogP contribution in [0.1, 0.15) is 5.56 Å². The molecular formula is C15H19FN2O4S. The second-order valence-corrected chi connectivity index (χ2v) is 8.33. The molecule has 2 saturated heterocycles. The maximum atomic E-state index is 13.3. The van der Waals surface area contributed by atoms with Crippen LogP contribution in [0.5, 0.6) is 0 Å². The summed E-state index contributed by atoms with van der Waals surface area (Å²) < 4.78 is 37.4. The summed E-state index contributed by atoms with van der Waals surface area (Å²) in [7, 11) is -3.18. The van der Waals surface area contributed by atoms with Crippen LogP contribution in [0.4, 0.5) is 4.39 Å². The number of nitrogens with zero attached hydrogens (tertiary/aromatic N) is 2. The first kappa shape index (κ1) is 16.4. The third kappa shape index (κ3) is 3.70. The summed E-state index contributed by atoms with van der Waals surface area (Å²) in [5.74, 6) is -1.25. The van der Waals surface area contributed by atoms with Crippen molar-refractivity contribution in [2.24, 2.45) is 0 Å². The summed E-state index contributed by atoms with van der Waals surface area (Å²) in [6, 6.07) is 5.72. The second kappa shape index (κ2) is 6.18. The van der Waals surface area contributed by atoms with Gasteiger partial charge in [-0.05, 0) is 17.7 Å². The van der Waals surface area contributed by atoms with Gasteiger partial charge in [-0.2, -0.15) is 0 Å². The number of hydrogen-bond donors (Lipinski definition) is 1. The average molecular weight is 342 g/mol. The van der Waals surface area contributed by atoms with Crippen molar-refractivity contribution in [2.45, 2.75) is 18.6 Å². The number of sulfone groups is 1. The van der Waals surface area contributed by atoms with Gasteiger partial charge in [-0.15, -0.1) is 0 Å². The molecule has 2 atom stereocenters. The highest BCUT2D eigenvalue weighted by atomic mass is 32.2. The zero-order valence-electron chi connectivity index (χ0n) is 12.6. The molecule has 0 aromatic heterocycles. The number of piperazine rings is 1. The Labute approximate surface area is 134 Å². The van der Waals surface area contributed by atoms with Gasteiger partial charge < -0.3 is 5.11 Å². The highest BCUT2D eigenvalue weighted by Gasteiger charge is 2.46. The summed E-state index contributed by atoms with van der Waals surface area (Å²) in [5.41, 5.74) is 0.791. The fraction of sp³-hybridized carbons (Fsp3) is 0.533. The zero-order valence-corrected chi connectivity index (χ0v) is 13.4. The molecule has 1 aromatic carbocycles. The van der Waals surface area contributed by atoms with Gasteiger partial charge in [0.25, 0.3) is 0 Å². The van der Waals surface area contributed by atoms with Crippen molar-refractivity contribution in [3.05, 3.63) is 35.6 Å². The monoisotopic (exact) mass is 342 g/mol. The molecular weight excluding hydrogens is 323 g/mol. The lowest BCUT2D eigenvalue weighted by Gasteiger charge is -2.43. The molecule has 0 spiro atoms. The number of rotatable bonds is 4. The van der Waals surface area contributed by atoms with Crippen molar-refractivity contribution in [1.29, 1.82) is 0 Å². The quantitative estimate of drug-likeness (QED) is 0.842. The van der Waals surface area contributed by atoms with Crippen molar-refractivity contribution in [2.75, 3.05) is 31.1 Å². The molecule has 2 fully saturated rings. The Balaban J connectivity index is 1.79.